The second kappa shape index (κ2) is 6.61. The summed E-state index contributed by atoms with van der Waals surface area (Å²) in [5, 5.41) is 9.18. The second-order valence-corrected chi connectivity index (χ2v) is 7.18. The van der Waals surface area contributed by atoms with Gasteiger partial charge in [-0.05, 0) is 11.8 Å². The van der Waals surface area contributed by atoms with Crippen LogP contribution in [0.4, 0.5) is 0 Å². The molecule has 1 aliphatic rings. The highest BCUT2D eigenvalue weighted by molar-refractivity contribution is 8.06. The minimum atomic E-state index is -4.22. The minimum Gasteiger partial charge on any atom is -0.479 e. The van der Waals surface area contributed by atoms with E-state index in [1.54, 1.807) is 0 Å². The van der Waals surface area contributed by atoms with Gasteiger partial charge in [0.15, 0.2) is 12.3 Å². The van der Waals surface area contributed by atoms with Crippen molar-refractivity contribution < 1.29 is 33.7 Å². The van der Waals surface area contributed by atoms with Crippen molar-refractivity contribution in [2.45, 2.75) is 24.5 Å². The molecule has 0 aliphatic carbocycles. The topological polar surface area (TPSA) is 160 Å². The Hall–Kier alpha value is -1.40. The Morgan fingerprint density at radius 1 is 1.43 bits per heavy atom. The van der Waals surface area contributed by atoms with Crippen LogP contribution >= 0.6 is 6.72 Å². The minimum absolute atomic E-state index is 0.651. The number of aromatic amines is 1. The molecule has 11 nitrogen and oxygen atoms in total. The van der Waals surface area contributed by atoms with Crippen LogP contribution in [0.3, 0.4) is 0 Å². The highest BCUT2D eigenvalue weighted by Gasteiger charge is 2.52. The predicted octanol–water partition coefficient (Wildman–Crippen LogP) is -1.87. The van der Waals surface area contributed by atoms with Gasteiger partial charge in [0.05, 0.1) is 0 Å². The van der Waals surface area contributed by atoms with Gasteiger partial charge in [-0.15, -0.1) is 0 Å². The molecule has 0 bridgehead atoms. The number of aromatic nitrogens is 2. The van der Waals surface area contributed by atoms with E-state index in [1.165, 1.54) is 7.11 Å². The number of methoxy groups -OCH3 is 1. The van der Waals surface area contributed by atoms with Gasteiger partial charge in [0, 0.05) is 19.4 Å². The maximum absolute atomic E-state index is 11.8. The summed E-state index contributed by atoms with van der Waals surface area (Å²) in [4.78, 5) is 54.7. The van der Waals surface area contributed by atoms with E-state index >= 15 is 0 Å². The molecule has 1 aromatic rings. The SMILES string of the molecule is CO[C@@H]1[C@H](OP(O)(O)=S)[C@@H](C(=O)O)O[C@H]1n1ccc(=O)[nH]c1=O. The molecule has 0 radical (unpaired) electrons. The standard InChI is InChI=1S/C10H13N2O9PS/c1-19-6-5(21-22(17,18)23)7(9(14)15)20-8(6)12-3-2-4(13)11-10(12)16/h2-3,5-8H,1H3,(H,14,15)(H,11,13,16)(H2,17,18,23)/t5-,6+,7-,8+/m0/s1. The van der Waals surface area contributed by atoms with Gasteiger partial charge in [-0.2, -0.15) is 0 Å². The number of nitrogens with one attached hydrogen (secondary N) is 1. The summed E-state index contributed by atoms with van der Waals surface area (Å²) in [5.41, 5.74) is -1.51. The van der Waals surface area contributed by atoms with Crippen LogP contribution in [0.1, 0.15) is 6.23 Å². The van der Waals surface area contributed by atoms with Crippen molar-refractivity contribution in [2.75, 3.05) is 7.11 Å². The van der Waals surface area contributed by atoms with E-state index in [0.717, 1.165) is 16.8 Å². The summed E-state index contributed by atoms with van der Waals surface area (Å²) >= 11 is 4.34. The zero-order valence-corrected chi connectivity index (χ0v) is 13.3. The summed E-state index contributed by atoms with van der Waals surface area (Å²) in [6.45, 7) is -4.22. The molecule has 2 heterocycles. The van der Waals surface area contributed by atoms with E-state index in [1.807, 2.05) is 4.98 Å². The first kappa shape index (κ1) is 17.9. The Kier molecular flexibility index (Phi) is 5.16. The van der Waals surface area contributed by atoms with Gasteiger partial charge in [0.1, 0.15) is 12.2 Å². The van der Waals surface area contributed by atoms with Crippen LogP contribution in [0, 0.1) is 0 Å². The van der Waals surface area contributed by atoms with Crippen LogP contribution in [-0.2, 0) is 30.6 Å². The van der Waals surface area contributed by atoms with Crippen molar-refractivity contribution in [1.29, 1.82) is 0 Å². The molecule has 0 saturated carbocycles. The smallest absolute Gasteiger partial charge is 0.335 e. The number of aliphatic carboxylic acids is 1. The molecular weight excluding hydrogens is 355 g/mol. The first-order chi connectivity index (χ1) is 10.6. The largest absolute Gasteiger partial charge is 0.479 e. The number of H-pyrrole nitrogens is 1. The molecule has 1 saturated heterocycles. The Balaban J connectivity index is 2.45. The number of hydrogen-bond acceptors (Lipinski definition) is 7. The third-order valence-electron chi connectivity index (χ3n) is 3.09. The lowest BCUT2D eigenvalue weighted by Gasteiger charge is -2.24. The normalized spacial score (nSPS) is 28.0. The molecule has 0 unspecified atom stereocenters. The van der Waals surface area contributed by atoms with Crippen molar-refractivity contribution in [1.82, 2.24) is 9.55 Å². The summed E-state index contributed by atoms with van der Waals surface area (Å²) in [5.74, 6) is -1.47. The average molecular weight is 368 g/mol. The van der Waals surface area contributed by atoms with Crippen LogP contribution < -0.4 is 11.2 Å². The molecule has 0 spiro atoms. The number of ether oxygens (including phenoxy) is 2. The molecule has 13 heteroatoms. The van der Waals surface area contributed by atoms with Crippen molar-refractivity contribution in [2.24, 2.45) is 0 Å². The zero-order valence-electron chi connectivity index (χ0n) is 11.6. The summed E-state index contributed by atoms with van der Waals surface area (Å²) in [6.07, 6.45) is -4.52. The van der Waals surface area contributed by atoms with Gasteiger partial charge in [-0.3, -0.25) is 18.9 Å². The molecule has 2 rings (SSSR count). The van der Waals surface area contributed by atoms with E-state index in [-0.39, 0.29) is 0 Å². The molecule has 128 valence electrons. The maximum Gasteiger partial charge on any atom is 0.335 e. The van der Waals surface area contributed by atoms with Gasteiger partial charge in [-0.25, -0.2) is 9.59 Å². The van der Waals surface area contributed by atoms with Crippen LogP contribution in [0.5, 0.6) is 0 Å². The number of rotatable bonds is 5. The molecule has 1 fully saturated rings. The van der Waals surface area contributed by atoms with Crippen molar-refractivity contribution >= 4 is 24.5 Å². The zero-order chi connectivity index (χ0) is 17.4. The molecule has 4 atom stereocenters. The van der Waals surface area contributed by atoms with E-state index in [2.05, 4.69) is 11.8 Å². The second-order valence-electron chi connectivity index (χ2n) is 4.56. The molecule has 4 N–H and O–H groups in total. The van der Waals surface area contributed by atoms with Crippen molar-refractivity contribution in [3.63, 3.8) is 0 Å². The van der Waals surface area contributed by atoms with Crippen molar-refractivity contribution in [3.05, 3.63) is 33.1 Å². The molecule has 0 aromatic carbocycles. The Bertz CT molecular complexity index is 755. The number of hydrogen-bond donors (Lipinski definition) is 4. The molecule has 23 heavy (non-hydrogen) atoms. The van der Waals surface area contributed by atoms with Gasteiger partial charge in [-0.1, -0.05) is 0 Å². The number of carboxylic acid groups (broad SMARTS) is 1. The third-order valence-corrected chi connectivity index (χ3v) is 3.87. The third kappa shape index (κ3) is 3.93. The number of nitrogens with zero attached hydrogens (tertiary/aromatic N) is 1. The van der Waals surface area contributed by atoms with E-state index in [4.69, 9.17) is 14.0 Å². The number of carboxylic acids is 1. The lowest BCUT2D eigenvalue weighted by Crippen LogP contribution is -2.40. The van der Waals surface area contributed by atoms with Crippen LogP contribution in [0.2, 0.25) is 0 Å². The first-order valence-corrected chi connectivity index (χ1v) is 8.73. The van der Waals surface area contributed by atoms with E-state index < -0.39 is 48.5 Å². The highest BCUT2D eigenvalue weighted by Crippen LogP contribution is 2.44. The molecule has 1 aromatic heterocycles. The van der Waals surface area contributed by atoms with E-state index in [9.17, 15) is 29.3 Å². The molecule has 0 amide bonds. The quantitative estimate of drug-likeness (QED) is 0.433. The van der Waals surface area contributed by atoms with E-state index in [0.29, 0.717) is 0 Å². The Morgan fingerprint density at radius 3 is 2.57 bits per heavy atom. The fourth-order valence-electron chi connectivity index (χ4n) is 2.21. The Labute approximate surface area is 133 Å². The van der Waals surface area contributed by atoms with Gasteiger partial charge in [0.2, 0.25) is 0 Å². The van der Waals surface area contributed by atoms with Crippen LogP contribution in [0.25, 0.3) is 0 Å². The lowest BCUT2D eigenvalue weighted by molar-refractivity contribution is -0.154. The summed E-state index contributed by atoms with van der Waals surface area (Å²) < 4.78 is 16.0. The maximum atomic E-state index is 11.8. The highest BCUT2D eigenvalue weighted by atomic mass is 32.5. The fraction of sp³-hybridized carbons (Fsp3) is 0.500. The lowest BCUT2D eigenvalue weighted by atomic mass is 10.1. The fourth-order valence-corrected chi connectivity index (χ4v) is 3.06. The average Bonchev–Trinajstić information content (AvgIpc) is 2.75. The Morgan fingerprint density at radius 2 is 2.09 bits per heavy atom. The van der Waals surface area contributed by atoms with Crippen LogP contribution in [-0.4, -0.2) is 55.8 Å². The van der Waals surface area contributed by atoms with Gasteiger partial charge in [0.25, 0.3) is 5.56 Å². The predicted molar refractivity (Wildman–Crippen MR) is 77.3 cm³/mol. The van der Waals surface area contributed by atoms with Crippen LogP contribution in [0.15, 0.2) is 21.9 Å². The molecular formula is C10H13N2O9PS. The van der Waals surface area contributed by atoms with Crippen molar-refractivity contribution in [3.8, 4) is 0 Å². The summed E-state index contributed by atoms with van der Waals surface area (Å²) in [7, 11) is 1.19. The summed E-state index contributed by atoms with van der Waals surface area (Å²) in [6, 6.07) is 1.03. The van der Waals surface area contributed by atoms with Gasteiger partial charge < -0.3 is 24.4 Å². The molecule has 1 aliphatic heterocycles. The monoisotopic (exact) mass is 368 g/mol. The first-order valence-electron chi connectivity index (χ1n) is 6.10. The number of carbonyl (C=O) groups is 1. The van der Waals surface area contributed by atoms with Gasteiger partial charge >= 0.3 is 18.4 Å².